The molecule has 0 unspecified atom stereocenters. The Morgan fingerprint density at radius 2 is 1.53 bits per heavy atom. The van der Waals surface area contributed by atoms with Crippen LogP contribution in [0.25, 0.3) is 0 Å². The number of ketones is 1. The van der Waals surface area contributed by atoms with Gasteiger partial charge in [-0.2, -0.15) is 0 Å². The Balaban J connectivity index is 4.62. The maximum atomic E-state index is 12.1. The first kappa shape index (κ1) is 14.6. The van der Waals surface area contributed by atoms with Crippen molar-refractivity contribution >= 4 is 5.78 Å². The third kappa shape index (κ3) is 4.78. The average molecular weight is 213 g/mol. The van der Waals surface area contributed by atoms with Gasteiger partial charge in [0.05, 0.1) is 6.04 Å². The van der Waals surface area contributed by atoms with E-state index in [4.69, 9.17) is 0 Å². The fourth-order valence-electron chi connectivity index (χ4n) is 1.93. The summed E-state index contributed by atoms with van der Waals surface area (Å²) >= 11 is 0. The molecule has 1 N–H and O–H groups in total. The first-order valence-corrected chi connectivity index (χ1v) is 6.23. The Morgan fingerprint density at radius 1 is 1.07 bits per heavy atom. The van der Waals surface area contributed by atoms with Gasteiger partial charge >= 0.3 is 0 Å². The molecule has 0 radical (unpaired) electrons. The van der Waals surface area contributed by atoms with E-state index < -0.39 is 0 Å². The molecule has 2 heteroatoms. The van der Waals surface area contributed by atoms with Crippen molar-refractivity contribution in [3.63, 3.8) is 0 Å². The van der Waals surface area contributed by atoms with Crippen molar-refractivity contribution in [3.05, 3.63) is 0 Å². The molecule has 0 aliphatic rings. The summed E-state index contributed by atoms with van der Waals surface area (Å²) in [5, 5.41) is 3.41. The maximum absolute atomic E-state index is 12.1. The second kappa shape index (κ2) is 7.00. The Bertz CT molecular complexity index is 183. The van der Waals surface area contributed by atoms with Crippen molar-refractivity contribution in [2.45, 2.75) is 66.5 Å². The van der Waals surface area contributed by atoms with E-state index in [9.17, 15) is 4.79 Å². The van der Waals surface area contributed by atoms with Gasteiger partial charge in [0.15, 0.2) is 5.78 Å². The fraction of sp³-hybridized carbons (Fsp3) is 0.923. The van der Waals surface area contributed by atoms with E-state index >= 15 is 0 Å². The normalized spacial score (nSPS) is 13.9. The van der Waals surface area contributed by atoms with Gasteiger partial charge in [-0.05, 0) is 5.92 Å². The number of hydrogen-bond donors (Lipinski definition) is 1. The molecule has 15 heavy (non-hydrogen) atoms. The molecular weight excluding hydrogens is 186 g/mol. The van der Waals surface area contributed by atoms with Gasteiger partial charge in [-0.15, -0.1) is 0 Å². The van der Waals surface area contributed by atoms with E-state index in [1.807, 2.05) is 13.8 Å². The summed E-state index contributed by atoms with van der Waals surface area (Å²) in [5.74, 6) is 0.960. The van der Waals surface area contributed by atoms with E-state index in [0.29, 0.717) is 17.7 Å². The zero-order valence-electron chi connectivity index (χ0n) is 11.1. The van der Waals surface area contributed by atoms with Gasteiger partial charge in [-0.1, -0.05) is 54.4 Å². The van der Waals surface area contributed by atoms with Crippen LogP contribution in [0.1, 0.15) is 54.4 Å². The number of nitrogens with one attached hydrogen (secondary N) is 1. The van der Waals surface area contributed by atoms with Crippen molar-refractivity contribution in [1.29, 1.82) is 0 Å². The van der Waals surface area contributed by atoms with Crippen LogP contribution >= 0.6 is 0 Å². The molecule has 0 aliphatic heterocycles. The quantitative estimate of drug-likeness (QED) is 0.704. The van der Waals surface area contributed by atoms with Gasteiger partial charge in [0.2, 0.25) is 0 Å². The topological polar surface area (TPSA) is 29.1 Å². The fourth-order valence-corrected chi connectivity index (χ4v) is 1.93. The van der Waals surface area contributed by atoms with Gasteiger partial charge < -0.3 is 5.32 Å². The molecule has 1 atom stereocenters. The number of hydrogen-bond acceptors (Lipinski definition) is 2. The van der Waals surface area contributed by atoms with Crippen molar-refractivity contribution in [2.24, 2.45) is 11.8 Å². The molecule has 90 valence electrons. The van der Waals surface area contributed by atoms with Crippen LogP contribution in [0.5, 0.6) is 0 Å². The SMILES string of the molecule is CCC(CC)[C@H](NC(C)C)C(=O)C(C)C. The van der Waals surface area contributed by atoms with E-state index in [1.165, 1.54) is 0 Å². The highest BCUT2D eigenvalue weighted by atomic mass is 16.1. The van der Waals surface area contributed by atoms with Gasteiger partial charge in [0.25, 0.3) is 0 Å². The van der Waals surface area contributed by atoms with Gasteiger partial charge in [-0.25, -0.2) is 0 Å². The molecule has 0 rings (SSSR count). The average Bonchev–Trinajstić information content (AvgIpc) is 2.16. The number of carbonyl (C=O) groups excluding carboxylic acids is 1. The van der Waals surface area contributed by atoms with E-state index in [1.54, 1.807) is 0 Å². The molecule has 0 fully saturated rings. The van der Waals surface area contributed by atoms with E-state index in [2.05, 4.69) is 33.0 Å². The lowest BCUT2D eigenvalue weighted by atomic mass is 9.86. The molecule has 0 spiro atoms. The molecule has 0 aromatic carbocycles. The summed E-state index contributed by atoms with van der Waals surface area (Å²) in [5.41, 5.74) is 0. The molecule has 0 amide bonds. The Morgan fingerprint density at radius 3 is 1.80 bits per heavy atom. The van der Waals surface area contributed by atoms with Crippen LogP contribution in [-0.2, 0) is 4.79 Å². The summed E-state index contributed by atoms with van der Waals surface area (Å²) in [6.07, 6.45) is 2.14. The van der Waals surface area contributed by atoms with Crippen molar-refractivity contribution in [2.75, 3.05) is 0 Å². The lowest BCUT2D eigenvalue weighted by Crippen LogP contribution is -2.47. The van der Waals surface area contributed by atoms with Crippen LogP contribution in [0.15, 0.2) is 0 Å². The highest BCUT2D eigenvalue weighted by Gasteiger charge is 2.27. The first-order valence-electron chi connectivity index (χ1n) is 6.23. The smallest absolute Gasteiger partial charge is 0.152 e. The number of carbonyl (C=O) groups is 1. The molecule has 0 heterocycles. The van der Waals surface area contributed by atoms with Crippen molar-refractivity contribution in [1.82, 2.24) is 5.32 Å². The molecule has 0 aliphatic carbocycles. The maximum Gasteiger partial charge on any atom is 0.152 e. The minimum Gasteiger partial charge on any atom is -0.305 e. The molecule has 0 aromatic heterocycles. The predicted molar refractivity (Wildman–Crippen MR) is 66.0 cm³/mol. The molecule has 0 saturated carbocycles. The number of Topliss-reactive ketones (excluding diaryl/α,β-unsaturated/α-hetero) is 1. The second-order valence-electron chi connectivity index (χ2n) is 4.93. The first-order chi connectivity index (χ1) is 6.93. The van der Waals surface area contributed by atoms with Crippen LogP contribution in [-0.4, -0.2) is 17.9 Å². The summed E-state index contributed by atoms with van der Waals surface area (Å²) in [6, 6.07) is 0.415. The molecule has 0 saturated heterocycles. The highest BCUT2D eigenvalue weighted by Crippen LogP contribution is 2.17. The van der Waals surface area contributed by atoms with Crippen LogP contribution in [0, 0.1) is 11.8 Å². The lowest BCUT2D eigenvalue weighted by molar-refractivity contribution is -0.125. The molecule has 0 aromatic rings. The van der Waals surface area contributed by atoms with E-state index in [-0.39, 0.29) is 12.0 Å². The van der Waals surface area contributed by atoms with E-state index in [0.717, 1.165) is 12.8 Å². The van der Waals surface area contributed by atoms with Crippen LogP contribution in [0.3, 0.4) is 0 Å². The largest absolute Gasteiger partial charge is 0.305 e. The van der Waals surface area contributed by atoms with Crippen molar-refractivity contribution in [3.8, 4) is 0 Å². The zero-order valence-corrected chi connectivity index (χ0v) is 11.1. The summed E-state index contributed by atoms with van der Waals surface area (Å²) < 4.78 is 0. The zero-order chi connectivity index (χ0) is 12.0. The Hall–Kier alpha value is -0.370. The summed E-state index contributed by atoms with van der Waals surface area (Å²) in [6.45, 7) is 12.5. The second-order valence-corrected chi connectivity index (χ2v) is 4.93. The van der Waals surface area contributed by atoms with Gasteiger partial charge in [0.1, 0.15) is 0 Å². The molecule has 0 bridgehead atoms. The monoisotopic (exact) mass is 213 g/mol. The standard InChI is InChI=1S/C13H27NO/c1-7-11(8-2)12(14-10(5)6)13(15)9(3)4/h9-12,14H,7-8H2,1-6H3/t12-/m0/s1. The van der Waals surface area contributed by atoms with Gasteiger partial charge in [0, 0.05) is 12.0 Å². The lowest BCUT2D eigenvalue weighted by Gasteiger charge is -2.28. The summed E-state index contributed by atoms with van der Waals surface area (Å²) in [7, 11) is 0. The van der Waals surface area contributed by atoms with Crippen LogP contribution < -0.4 is 5.32 Å². The van der Waals surface area contributed by atoms with Crippen LogP contribution in [0.2, 0.25) is 0 Å². The third-order valence-electron chi connectivity index (χ3n) is 2.91. The third-order valence-corrected chi connectivity index (χ3v) is 2.91. The molecule has 2 nitrogen and oxygen atoms in total. The Kier molecular flexibility index (Phi) is 6.82. The van der Waals surface area contributed by atoms with Crippen LogP contribution in [0.4, 0.5) is 0 Å². The minimum atomic E-state index is 0.0417. The minimum absolute atomic E-state index is 0.0417. The highest BCUT2D eigenvalue weighted by molar-refractivity contribution is 5.86. The van der Waals surface area contributed by atoms with Gasteiger partial charge in [-0.3, -0.25) is 4.79 Å². The number of rotatable bonds is 7. The molecular formula is C13H27NO. The predicted octanol–water partition coefficient (Wildman–Crippen LogP) is 3.01. The Labute approximate surface area is 94.8 Å². The van der Waals surface area contributed by atoms with Crippen molar-refractivity contribution < 1.29 is 4.79 Å². The summed E-state index contributed by atoms with van der Waals surface area (Å²) in [4.78, 5) is 12.1.